The Kier molecular flexibility index (Phi) is 4.04. The van der Waals surface area contributed by atoms with Crippen LogP contribution in [0, 0.1) is 34.0 Å². The monoisotopic (exact) mass is 450 g/mol. The van der Waals surface area contributed by atoms with Crippen LogP contribution in [0.1, 0.15) is 59.8 Å². The molecule has 0 aromatic heterocycles. The fourth-order valence-corrected chi connectivity index (χ4v) is 9.52. The van der Waals surface area contributed by atoms with Crippen LogP contribution < -0.4 is 0 Å². The normalized spacial score (nSPS) is 55.9. The Morgan fingerprint density at radius 2 is 1.88 bits per heavy atom. The van der Waals surface area contributed by atoms with Crippen LogP contribution in [-0.4, -0.2) is 65.1 Å². The van der Waals surface area contributed by atoms with E-state index in [0.717, 1.165) is 32.1 Å². The Hall–Kier alpha value is -1.22. The zero-order valence-electron chi connectivity index (χ0n) is 19.3. The summed E-state index contributed by atoms with van der Waals surface area (Å²) in [6.07, 6.45) is 2.21. The lowest BCUT2D eigenvalue weighted by Gasteiger charge is -2.75. The molecule has 8 nitrogen and oxygen atoms in total. The summed E-state index contributed by atoms with van der Waals surface area (Å²) < 4.78 is 23.8. The van der Waals surface area contributed by atoms with Crippen LogP contribution in [0.15, 0.2) is 0 Å². The summed E-state index contributed by atoms with van der Waals surface area (Å²) in [6, 6.07) is 0. The average molecular weight is 451 g/mol. The SMILES string of the molecule is CC(=O)OCC12OC1C13C(O)C2CCC1C12CCCC(C)(C)C1C(OC(C)=O)C3(O)OC2. The van der Waals surface area contributed by atoms with E-state index >= 15 is 0 Å². The molecular formula is C24H34O8. The number of carbonyl (C=O) groups excluding carboxylic acids is 2. The van der Waals surface area contributed by atoms with Gasteiger partial charge in [0.1, 0.15) is 18.3 Å². The third-order valence-electron chi connectivity index (χ3n) is 10.3. The lowest BCUT2D eigenvalue weighted by molar-refractivity contribution is -0.464. The van der Waals surface area contributed by atoms with Crippen molar-refractivity contribution in [2.75, 3.05) is 13.2 Å². The van der Waals surface area contributed by atoms with E-state index in [1.54, 1.807) is 0 Å². The number of hydrogen-bond acceptors (Lipinski definition) is 8. The van der Waals surface area contributed by atoms with Crippen molar-refractivity contribution in [1.82, 2.24) is 0 Å². The van der Waals surface area contributed by atoms with Crippen LogP contribution in [-0.2, 0) is 28.5 Å². The summed E-state index contributed by atoms with van der Waals surface area (Å²) in [5, 5.41) is 24.2. The molecule has 7 aliphatic rings. The molecule has 3 saturated heterocycles. The Bertz CT molecular complexity index is 887. The van der Waals surface area contributed by atoms with E-state index in [1.807, 2.05) is 0 Å². The van der Waals surface area contributed by atoms with Crippen molar-refractivity contribution in [1.29, 1.82) is 0 Å². The molecule has 4 saturated carbocycles. The first kappa shape index (κ1) is 21.3. The van der Waals surface area contributed by atoms with Crippen molar-refractivity contribution >= 4 is 11.9 Å². The van der Waals surface area contributed by atoms with Crippen molar-refractivity contribution in [3.63, 3.8) is 0 Å². The predicted octanol–water partition coefficient (Wildman–Crippen LogP) is 1.55. The Balaban J connectivity index is 1.53. The molecule has 0 radical (unpaired) electrons. The van der Waals surface area contributed by atoms with Gasteiger partial charge < -0.3 is 29.2 Å². The van der Waals surface area contributed by atoms with E-state index in [2.05, 4.69) is 13.8 Å². The molecule has 10 unspecified atom stereocenters. The Morgan fingerprint density at radius 3 is 2.56 bits per heavy atom. The Labute approximate surface area is 187 Å². The average Bonchev–Trinajstić information content (AvgIpc) is 3.40. The molecular weight excluding hydrogens is 416 g/mol. The fourth-order valence-electron chi connectivity index (χ4n) is 9.52. The van der Waals surface area contributed by atoms with Crippen LogP contribution in [0.25, 0.3) is 0 Å². The molecule has 32 heavy (non-hydrogen) atoms. The van der Waals surface area contributed by atoms with Gasteiger partial charge in [0, 0.05) is 31.1 Å². The van der Waals surface area contributed by atoms with Gasteiger partial charge in [0.15, 0.2) is 6.10 Å². The van der Waals surface area contributed by atoms with E-state index in [0.29, 0.717) is 6.61 Å². The quantitative estimate of drug-likeness (QED) is 0.492. The second-order valence-corrected chi connectivity index (χ2v) is 11.9. The maximum atomic E-state index is 12.4. The number of hydrogen-bond donors (Lipinski definition) is 2. The molecule has 0 amide bonds. The Morgan fingerprint density at radius 1 is 1.12 bits per heavy atom. The molecule has 178 valence electrons. The lowest BCUT2D eigenvalue weighted by atomic mass is 9.36. The number of esters is 2. The largest absolute Gasteiger partial charge is 0.463 e. The van der Waals surface area contributed by atoms with Gasteiger partial charge in [0.05, 0.1) is 18.1 Å². The molecule has 2 spiro atoms. The van der Waals surface area contributed by atoms with Crippen LogP contribution >= 0.6 is 0 Å². The first-order valence-electron chi connectivity index (χ1n) is 12.0. The highest BCUT2D eigenvalue weighted by molar-refractivity contribution is 5.67. The highest BCUT2D eigenvalue weighted by Gasteiger charge is 2.94. The molecule has 0 aromatic rings. The van der Waals surface area contributed by atoms with Gasteiger partial charge >= 0.3 is 11.9 Å². The number of aliphatic hydroxyl groups is 2. The standard InChI is InChI=1S/C24H34O8/c1-12(25)29-11-22-14-6-7-15-21-9-5-8-20(3,4)16(21)18(31-13(2)26)24(28,30-10-21)23(15,17(14)27)19(22)32-22/h14-19,27-28H,5-11H2,1-4H3. The van der Waals surface area contributed by atoms with Gasteiger partial charge in [0.25, 0.3) is 0 Å². The summed E-state index contributed by atoms with van der Waals surface area (Å²) in [5.74, 6) is -3.09. The fraction of sp³-hybridized carbons (Fsp3) is 0.917. The first-order chi connectivity index (χ1) is 15.0. The maximum absolute atomic E-state index is 12.4. The van der Waals surface area contributed by atoms with Gasteiger partial charge in [-0.3, -0.25) is 9.59 Å². The molecule has 7 rings (SSSR count). The zero-order valence-corrected chi connectivity index (χ0v) is 19.3. The molecule has 4 aliphatic carbocycles. The molecule has 3 aliphatic heterocycles. The third kappa shape index (κ3) is 2.10. The van der Waals surface area contributed by atoms with Gasteiger partial charge in [-0.1, -0.05) is 20.3 Å². The highest BCUT2D eigenvalue weighted by atomic mass is 16.7. The van der Waals surface area contributed by atoms with E-state index in [4.69, 9.17) is 18.9 Å². The van der Waals surface area contributed by atoms with Gasteiger partial charge in [-0.15, -0.1) is 0 Å². The predicted molar refractivity (Wildman–Crippen MR) is 109 cm³/mol. The van der Waals surface area contributed by atoms with Crippen molar-refractivity contribution in [3.8, 4) is 0 Å². The van der Waals surface area contributed by atoms with Crippen molar-refractivity contribution in [2.24, 2.45) is 34.0 Å². The van der Waals surface area contributed by atoms with E-state index in [9.17, 15) is 19.8 Å². The van der Waals surface area contributed by atoms with Crippen LogP contribution in [0.2, 0.25) is 0 Å². The molecule has 10 atom stereocenters. The molecule has 8 heteroatoms. The molecule has 3 heterocycles. The summed E-state index contributed by atoms with van der Waals surface area (Å²) in [5.41, 5.74) is -2.40. The van der Waals surface area contributed by atoms with Crippen molar-refractivity contribution in [2.45, 2.75) is 89.5 Å². The summed E-state index contributed by atoms with van der Waals surface area (Å²) in [6.45, 7) is 7.55. The first-order valence-corrected chi connectivity index (χ1v) is 12.0. The van der Waals surface area contributed by atoms with E-state index in [-0.39, 0.29) is 35.2 Å². The van der Waals surface area contributed by atoms with Gasteiger partial charge in [-0.05, 0) is 37.0 Å². The second kappa shape index (κ2) is 6.06. The van der Waals surface area contributed by atoms with E-state index in [1.165, 1.54) is 13.8 Å². The van der Waals surface area contributed by atoms with Gasteiger partial charge in [-0.25, -0.2) is 0 Å². The van der Waals surface area contributed by atoms with Crippen LogP contribution in [0.5, 0.6) is 0 Å². The van der Waals surface area contributed by atoms with Crippen molar-refractivity contribution in [3.05, 3.63) is 0 Å². The summed E-state index contributed by atoms with van der Waals surface area (Å²) >= 11 is 0. The minimum atomic E-state index is -1.86. The topological polar surface area (TPSA) is 115 Å². The molecule has 4 bridgehead atoms. The molecule has 2 N–H and O–H groups in total. The number of aliphatic hydroxyl groups excluding tert-OH is 1. The summed E-state index contributed by atoms with van der Waals surface area (Å²) in [4.78, 5) is 23.8. The molecule has 0 aromatic carbocycles. The van der Waals surface area contributed by atoms with Gasteiger partial charge in [0.2, 0.25) is 5.79 Å². The number of carbonyl (C=O) groups is 2. The highest BCUT2D eigenvalue weighted by Crippen LogP contribution is 2.82. The third-order valence-corrected chi connectivity index (χ3v) is 10.3. The van der Waals surface area contributed by atoms with Crippen LogP contribution in [0.4, 0.5) is 0 Å². The minimum absolute atomic E-state index is 0.0249. The number of ether oxygens (including phenoxy) is 4. The number of rotatable bonds is 3. The zero-order chi connectivity index (χ0) is 22.9. The van der Waals surface area contributed by atoms with E-state index < -0.39 is 47.1 Å². The smallest absolute Gasteiger partial charge is 0.303 e. The number of fused-ring (bicyclic) bond motifs is 4. The van der Waals surface area contributed by atoms with Crippen molar-refractivity contribution < 1.29 is 38.7 Å². The summed E-state index contributed by atoms with van der Waals surface area (Å²) in [7, 11) is 0. The second-order valence-electron chi connectivity index (χ2n) is 11.9. The van der Waals surface area contributed by atoms with Gasteiger partial charge in [-0.2, -0.15) is 0 Å². The molecule has 7 fully saturated rings. The lowest BCUT2D eigenvalue weighted by Crippen LogP contribution is -2.84. The van der Waals surface area contributed by atoms with Crippen LogP contribution in [0.3, 0.4) is 0 Å². The maximum Gasteiger partial charge on any atom is 0.303 e. The minimum Gasteiger partial charge on any atom is -0.463 e. The number of epoxide rings is 1.